The molecule has 0 atom stereocenters. The lowest BCUT2D eigenvalue weighted by Gasteiger charge is -2.19. The molecule has 0 aliphatic rings. The summed E-state index contributed by atoms with van der Waals surface area (Å²) in [5.74, 6) is -1.87. The topological polar surface area (TPSA) is 77.4 Å². The van der Waals surface area contributed by atoms with Crippen LogP contribution in [0.5, 0.6) is 0 Å². The Kier molecular flexibility index (Phi) is 4.93. The van der Waals surface area contributed by atoms with Gasteiger partial charge in [-0.2, -0.15) is 0 Å². The molecule has 0 saturated heterocycles. The van der Waals surface area contributed by atoms with Gasteiger partial charge in [0, 0.05) is 18.3 Å². The minimum Gasteiger partial charge on any atom is -0.462 e. The largest absolute Gasteiger partial charge is 0.462 e. The summed E-state index contributed by atoms with van der Waals surface area (Å²) in [4.78, 5) is 35.9. The summed E-state index contributed by atoms with van der Waals surface area (Å²) in [7, 11) is 1.63. The van der Waals surface area contributed by atoms with Crippen molar-refractivity contribution < 1.29 is 19.1 Å². The zero-order valence-electron chi connectivity index (χ0n) is 13.4. The minimum absolute atomic E-state index is 0.164. The molecule has 0 radical (unpaired) electrons. The van der Waals surface area contributed by atoms with Gasteiger partial charge in [0.15, 0.2) is 0 Å². The van der Waals surface area contributed by atoms with Crippen molar-refractivity contribution in [2.75, 3.05) is 6.61 Å². The Morgan fingerprint density at radius 2 is 1.86 bits per heavy atom. The molecule has 1 aromatic heterocycles. The first kappa shape index (κ1) is 16.9. The third kappa shape index (κ3) is 3.93. The lowest BCUT2D eigenvalue weighted by Crippen LogP contribution is -2.44. The van der Waals surface area contributed by atoms with E-state index < -0.39 is 23.2 Å². The van der Waals surface area contributed by atoms with Gasteiger partial charge in [-0.1, -0.05) is 0 Å². The van der Waals surface area contributed by atoms with Gasteiger partial charge in [0.25, 0.3) is 11.7 Å². The normalized spacial score (nSPS) is 11.1. The van der Waals surface area contributed by atoms with E-state index in [1.54, 1.807) is 41.7 Å². The van der Waals surface area contributed by atoms with Crippen LogP contribution in [0.4, 0.5) is 0 Å². The summed E-state index contributed by atoms with van der Waals surface area (Å²) in [5, 5.41) is 2.61. The summed E-state index contributed by atoms with van der Waals surface area (Å²) >= 11 is 0. The summed E-state index contributed by atoms with van der Waals surface area (Å²) in [6.45, 7) is 9.03. The summed E-state index contributed by atoms with van der Waals surface area (Å²) in [6.07, 6.45) is 0. The standard InChI is InChI=1S/C15H22N2O4/c1-7-21-14(20)10-8-11(17(6)9(10)2)12(18)13(19)16-15(3,4)5/h8H,7H2,1-6H3,(H,16,19). The van der Waals surface area contributed by atoms with Crippen molar-refractivity contribution in [3.8, 4) is 0 Å². The van der Waals surface area contributed by atoms with Crippen LogP contribution in [-0.2, 0) is 16.6 Å². The van der Waals surface area contributed by atoms with Crippen LogP contribution < -0.4 is 5.32 Å². The van der Waals surface area contributed by atoms with Crippen LogP contribution in [0, 0.1) is 6.92 Å². The van der Waals surface area contributed by atoms with E-state index in [1.807, 2.05) is 0 Å². The van der Waals surface area contributed by atoms with Crippen molar-refractivity contribution in [3.05, 3.63) is 23.0 Å². The minimum atomic E-state index is -0.696. The van der Waals surface area contributed by atoms with E-state index >= 15 is 0 Å². The molecule has 1 amide bonds. The highest BCUT2D eigenvalue weighted by Gasteiger charge is 2.27. The van der Waals surface area contributed by atoms with Gasteiger partial charge in [-0.3, -0.25) is 9.59 Å². The number of esters is 1. The molecular formula is C15H22N2O4. The smallest absolute Gasteiger partial charge is 0.339 e. The second kappa shape index (κ2) is 6.11. The van der Waals surface area contributed by atoms with Gasteiger partial charge in [-0.25, -0.2) is 4.79 Å². The van der Waals surface area contributed by atoms with Crippen LogP contribution in [-0.4, -0.2) is 34.4 Å². The summed E-state index contributed by atoms with van der Waals surface area (Å²) in [5.41, 5.74) is 0.542. The second-order valence-electron chi connectivity index (χ2n) is 5.84. The molecule has 0 bridgehead atoms. The molecule has 0 aromatic carbocycles. The molecule has 1 aromatic rings. The van der Waals surface area contributed by atoms with Crippen LogP contribution in [0.15, 0.2) is 6.07 Å². The van der Waals surface area contributed by atoms with E-state index in [2.05, 4.69) is 5.32 Å². The number of carbonyl (C=O) groups excluding carboxylic acids is 3. The molecule has 21 heavy (non-hydrogen) atoms. The SMILES string of the molecule is CCOC(=O)c1cc(C(=O)C(=O)NC(C)(C)C)n(C)c1C. The molecule has 116 valence electrons. The summed E-state index contributed by atoms with van der Waals surface area (Å²) < 4.78 is 6.46. The first-order valence-corrected chi connectivity index (χ1v) is 6.78. The molecule has 6 nitrogen and oxygen atoms in total. The number of ether oxygens (including phenoxy) is 1. The number of rotatable bonds is 4. The fraction of sp³-hybridized carbons (Fsp3) is 0.533. The molecule has 0 unspecified atom stereocenters. The van der Waals surface area contributed by atoms with E-state index in [0.29, 0.717) is 11.3 Å². The second-order valence-corrected chi connectivity index (χ2v) is 5.84. The predicted octanol–water partition coefficient (Wildman–Crippen LogP) is 1.61. The average molecular weight is 294 g/mol. The fourth-order valence-electron chi connectivity index (χ4n) is 1.85. The monoisotopic (exact) mass is 294 g/mol. The Morgan fingerprint density at radius 3 is 2.33 bits per heavy atom. The van der Waals surface area contributed by atoms with E-state index in [0.717, 1.165) is 0 Å². The Balaban J connectivity index is 3.09. The lowest BCUT2D eigenvalue weighted by atomic mass is 10.1. The van der Waals surface area contributed by atoms with Gasteiger partial charge < -0.3 is 14.6 Å². The van der Waals surface area contributed by atoms with Crippen molar-refractivity contribution in [2.24, 2.45) is 7.05 Å². The van der Waals surface area contributed by atoms with Gasteiger partial charge in [-0.15, -0.1) is 0 Å². The van der Waals surface area contributed by atoms with E-state index in [9.17, 15) is 14.4 Å². The van der Waals surface area contributed by atoms with Crippen LogP contribution in [0.1, 0.15) is 54.2 Å². The number of amides is 1. The molecule has 1 N–H and O–H groups in total. The molecule has 0 fully saturated rings. The van der Waals surface area contributed by atoms with Gasteiger partial charge in [0.1, 0.15) is 0 Å². The Bertz CT molecular complexity index is 579. The fourth-order valence-corrected chi connectivity index (χ4v) is 1.85. The van der Waals surface area contributed by atoms with Crippen LogP contribution in [0.25, 0.3) is 0 Å². The average Bonchev–Trinajstić information content (AvgIpc) is 2.64. The first-order chi connectivity index (χ1) is 9.58. The quantitative estimate of drug-likeness (QED) is 0.520. The highest BCUT2D eigenvalue weighted by Crippen LogP contribution is 2.16. The third-order valence-corrected chi connectivity index (χ3v) is 2.96. The Hall–Kier alpha value is -2.11. The molecule has 1 rings (SSSR count). The van der Waals surface area contributed by atoms with Crippen LogP contribution in [0.3, 0.4) is 0 Å². The number of ketones is 1. The molecule has 1 heterocycles. The first-order valence-electron chi connectivity index (χ1n) is 6.78. The lowest BCUT2D eigenvalue weighted by molar-refractivity contribution is -0.118. The molecule has 0 aliphatic heterocycles. The number of hydrogen-bond donors (Lipinski definition) is 1. The van der Waals surface area contributed by atoms with Crippen LogP contribution >= 0.6 is 0 Å². The van der Waals surface area contributed by atoms with Crippen molar-refractivity contribution in [2.45, 2.75) is 40.2 Å². The number of nitrogens with zero attached hydrogens (tertiary/aromatic N) is 1. The van der Waals surface area contributed by atoms with Crippen molar-refractivity contribution >= 4 is 17.7 Å². The van der Waals surface area contributed by atoms with Crippen LogP contribution in [0.2, 0.25) is 0 Å². The Labute approximate surface area is 124 Å². The molecule has 0 spiro atoms. The van der Waals surface area contributed by atoms with Crippen molar-refractivity contribution in [3.63, 3.8) is 0 Å². The maximum absolute atomic E-state index is 12.2. The van der Waals surface area contributed by atoms with Gasteiger partial charge in [0.2, 0.25) is 0 Å². The number of aromatic nitrogens is 1. The number of Topliss-reactive ketones (excluding diaryl/α,β-unsaturated/α-hetero) is 1. The number of carbonyl (C=O) groups is 3. The zero-order chi connectivity index (χ0) is 16.4. The third-order valence-electron chi connectivity index (χ3n) is 2.96. The molecular weight excluding hydrogens is 272 g/mol. The van der Waals surface area contributed by atoms with E-state index in [1.165, 1.54) is 10.6 Å². The molecule has 0 saturated carbocycles. The van der Waals surface area contributed by atoms with Crippen molar-refractivity contribution in [1.29, 1.82) is 0 Å². The maximum atomic E-state index is 12.2. The van der Waals surface area contributed by atoms with Crippen molar-refractivity contribution in [1.82, 2.24) is 9.88 Å². The van der Waals surface area contributed by atoms with E-state index in [4.69, 9.17) is 4.74 Å². The molecule has 6 heteroatoms. The highest BCUT2D eigenvalue weighted by atomic mass is 16.5. The highest BCUT2D eigenvalue weighted by molar-refractivity contribution is 6.42. The zero-order valence-corrected chi connectivity index (χ0v) is 13.4. The predicted molar refractivity (Wildman–Crippen MR) is 78.3 cm³/mol. The number of nitrogens with one attached hydrogen (secondary N) is 1. The van der Waals surface area contributed by atoms with Gasteiger partial charge in [-0.05, 0) is 40.7 Å². The van der Waals surface area contributed by atoms with E-state index in [-0.39, 0.29) is 12.3 Å². The maximum Gasteiger partial charge on any atom is 0.339 e. The summed E-state index contributed by atoms with van der Waals surface area (Å²) in [6, 6.07) is 1.40. The molecule has 0 aliphatic carbocycles. The van der Waals surface area contributed by atoms with Gasteiger partial charge >= 0.3 is 5.97 Å². The Morgan fingerprint density at radius 1 is 1.29 bits per heavy atom. The number of hydrogen-bond acceptors (Lipinski definition) is 4. The van der Waals surface area contributed by atoms with Gasteiger partial charge in [0.05, 0.1) is 17.9 Å².